The SMILES string of the molecule is c1ccc(-c2nc(-c3ccccc3)nc(-c3ccc4oc5ccc(-c6cccc7oc8ccccc8c67)cc5c4c3)n2)cc1. The predicted octanol–water partition coefficient (Wildman–Crippen LogP) is 10.3. The third-order valence-electron chi connectivity index (χ3n) is 8.14. The molecule has 0 aliphatic rings. The van der Waals surface area contributed by atoms with Gasteiger partial charge in [-0.3, -0.25) is 0 Å². The van der Waals surface area contributed by atoms with Gasteiger partial charge in [-0.05, 0) is 53.6 Å². The van der Waals surface area contributed by atoms with Crippen molar-refractivity contribution >= 4 is 43.9 Å². The molecule has 0 fully saturated rings. The van der Waals surface area contributed by atoms with Crippen LogP contribution in [0.3, 0.4) is 0 Å². The third kappa shape index (κ3) is 3.98. The Hall–Kier alpha value is -6.07. The Labute approximate surface area is 252 Å². The van der Waals surface area contributed by atoms with Crippen LogP contribution in [0.4, 0.5) is 0 Å². The number of nitrogens with zero attached hydrogens (tertiary/aromatic N) is 3. The van der Waals surface area contributed by atoms with Crippen molar-refractivity contribution in [2.45, 2.75) is 0 Å². The normalized spacial score (nSPS) is 11.6. The summed E-state index contributed by atoms with van der Waals surface area (Å²) in [7, 11) is 0. The van der Waals surface area contributed by atoms with Crippen LogP contribution in [-0.2, 0) is 0 Å². The predicted molar refractivity (Wildman–Crippen MR) is 176 cm³/mol. The second kappa shape index (κ2) is 9.75. The van der Waals surface area contributed by atoms with Crippen LogP contribution in [0.2, 0.25) is 0 Å². The molecule has 5 heteroatoms. The lowest BCUT2D eigenvalue weighted by Gasteiger charge is -2.08. The Morgan fingerprint density at radius 1 is 0.341 bits per heavy atom. The van der Waals surface area contributed by atoms with Gasteiger partial charge in [0.15, 0.2) is 17.5 Å². The number of fused-ring (bicyclic) bond motifs is 6. The fourth-order valence-electron chi connectivity index (χ4n) is 6.04. The first kappa shape index (κ1) is 24.5. The van der Waals surface area contributed by atoms with Crippen molar-refractivity contribution in [3.8, 4) is 45.3 Å². The van der Waals surface area contributed by atoms with Crippen LogP contribution in [0.25, 0.3) is 89.2 Å². The Bertz CT molecular complexity index is 2440. The summed E-state index contributed by atoms with van der Waals surface area (Å²) in [4.78, 5) is 14.7. The molecule has 0 aliphatic carbocycles. The van der Waals surface area contributed by atoms with E-state index in [1.54, 1.807) is 0 Å². The number of benzene rings is 6. The van der Waals surface area contributed by atoms with Crippen molar-refractivity contribution in [2.75, 3.05) is 0 Å². The molecule has 0 bridgehead atoms. The summed E-state index contributed by atoms with van der Waals surface area (Å²) in [6.07, 6.45) is 0. The van der Waals surface area contributed by atoms with Gasteiger partial charge in [-0.25, -0.2) is 15.0 Å². The molecule has 0 saturated heterocycles. The molecule has 9 rings (SSSR count). The van der Waals surface area contributed by atoms with E-state index in [0.717, 1.165) is 71.7 Å². The summed E-state index contributed by atoms with van der Waals surface area (Å²) < 4.78 is 12.5. The van der Waals surface area contributed by atoms with Crippen molar-refractivity contribution in [1.82, 2.24) is 15.0 Å². The molecule has 0 saturated carbocycles. The minimum Gasteiger partial charge on any atom is -0.456 e. The fraction of sp³-hybridized carbons (Fsp3) is 0. The summed E-state index contributed by atoms with van der Waals surface area (Å²) >= 11 is 0. The average Bonchev–Trinajstić information content (AvgIpc) is 3.66. The van der Waals surface area contributed by atoms with E-state index in [0.29, 0.717) is 17.5 Å². The molecular weight excluding hydrogens is 542 g/mol. The van der Waals surface area contributed by atoms with Gasteiger partial charge >= 0.3 is 0 Å². The van der Waals surface area contributed by atoms with E-state index in [4.69, 9.17) is 23.8 Å². The summed E-state index contributed by atoms with van der Waals surface area (Å²) in [5, 5.41) is 4.26. The molecule has 206 valence electrons. The van der Waals surface area contributed by atoms with Gasteiger partial charge in [0.05, 0.1) is 0 Å². The van der Waals surface area contributed by atoms with E-state index in [1.807, 2.05) is 97.1 Å². The van der Waals surface area contributed by atoms with Crippen LogP contribution in [0, 0.1) is 0 Å². The second-order valence-electron chi connectivity index (χ2n) is 10.8. The molecular formula is C39H23N3O2. The van der Waals surface area contributed by atoms with Crippen molar-refractivity contribution in [1.29, 1.82) is 0 Å². The quantitative estimate of drug-likeness (QED) is 0.212. The minimum absolute atomic E-state index is 0.611. The molecule has 0 amide bonds. The topological polar surface area (TPSA) is 65.0 Å². The van der Waals surface area contributed by atoms with Crippen molar-refractivity contribution < 1.29 is 8.83 Å². The van der Waals surface area contributed by atoms with Crippen LogP contribution in [-0.4, -0.2) is 15.0 Å². The maximum absolute atomic E-state index is 6.29. The van der Waals surface area contributed by atoms with Crippen LogP contribution >= 0.6 is 0 Å². The highest BCUT2D eigenvalue weighted by atomic mass is 16.3. The lowest BCUT2D eigenvalue weighted by molar-refractivity contribution is 0.669. The molecule has 0 unspecified atom stereocenters. The van der Waals surface area contributed by atoms with Crippen LogP contribution in [0.15, 0.2) is 148 Å². The van der Waals surface area contributed by atoms with Gasteiger partial charge in [-0.15, -0.1) is 0 Å². The highest BCUT2D eigenvalue weighted by Gasteiger charge is 2.17. The van der Waals surface area contributed by atoms with E-state index in [2.05, 4.69) is 42.5 Å². The smallest absolute Gasteiger partial charge is 0.164 e. The molecule has 0 atom stereocenters. The Balaban J connectivity index is 1.23. The molecule has 0 spiro atoms. The third-order valence-corrected chi connectivity index (χ3v) is 8.14. The second-order valence-corrected chi connectivity index (χ2v) is 10.8. The lowest BCUT2D eigenvalue weighted by atomic mass is 9.97. The van der Waals surface area contributed by atoms with E-state index < -0.39 is 0 Å². The largest absolute Gasteiger partial charge is 0.456 e. The van der Waals surface area contributed by atoms with Gasteiger partial charge in [0.1, 0.15) is 22.3 Å². The molecule has 0 radical (unpaired) electrons. The number of para-hydroxylation sites is 1. The summed E-state index contributed by atoms with van der Waals surface area (Å²) in [5.74, 6) is 1.88. The van der Waals surface area contributed by atoms with Crippen molar-refractivity contribution in [3.63, 3.8) is 0 Å². The van der Waals surface area contributed by atoms with Gasteiger partial charge in [0.25, 0.3) is 0 Å². The van der Waals surface area contributed by atoms with E-state index >= 15 is 0 Å². The molecule has 5 nitrogen and oxygen atoms in total. The van der Waals surface area contributed by atoms with Crippen molar-refractivity contribution in [3.05, 3.63) is 140 Å². The van der Waals surface area contributed by atoms with Gasteiger partial charge in [-0.1, -0.05) is 97.1 Å². The molecule has 3 heterocycles. The first-order chi connectivity index (χ1) is 21.8. The zero-order chi connectivity index (χ0) is 29.0. The van der Waals surface area contributed by atoms with Crippen LogP contribution in [0.5, 0.6) is 0 Å². The van der Waals surface area contributed by atoms with Gasteiger partial charge in [0.2, 0.25) is 0 Å². The highest BCUT2D eigenvalue weighted by molar-refractivity contribution is 6.14. The number of aromatic nitrogens is 3. The maximum atomic E-state index is 6.29. The maximum Gasteiger partial charge on any atom is 0.164 e. The molecule has 0 N–H and O–H groups in total. The van der Waals surface area contributed by atoms with Crippen LogP contribution < -0.4 is 0 Å². The van der Waals surface area contributed by atoms with Gasteiger partial charge in [0, 0.05) is 38.2 Å². The monoisotopic (exact) mass is 565 g/mol. The molecule has 9 aromatic rings. The molecule has 3 aromatic heterocycles. The fourth-order valence-corrected chi connectivity index (χ4v) is 6.04. The minimum atomic E-state index is 0.611. The van der Waals surface area contributed by atoms with E-state index in [-0.39, 0.29) is 0 Å². The molecule has 44 heavy (non-hydrogen) atoms. The lowest BCUT2D eigenvalue weighted by Crippen LogP contribution is -2.00. The van der Waals surface area contributed by atoms with E-state index in [1.165, 1.54) is 0 Å². The Morgan fingerprint density at radius 2 is 0.841 bits per heavy atom. The van der Waals surface area contributed by atoms with Crippen LogP contribution in [0.1, 0.15) is 0 Å². The zero-order valence-corrected chi connectivity index (χ0v) is 23.4. The first-order valence-electron chi connectivity index (χ1n) is 14.5. The summed E-state index contributed by atoms with van der Waals surface area (Å²) in [6, 6.07) is 47.0. The molecule has 0 aliphatic heterocycles. The molecule has 6 aromatic carbocycles. The Morgan fingerprint density at radius 3 is 1.52 bits per heavy atom. The number of hydrogen-bond donors (Lipinski definition) is 0. The number of hydrogen-bond acceptors (Lipinski definition) is 5. The summed E-state index contributed by atoms with van der Waals surface area (Å²) in [6.45, 7) is 0. The number of rotatable bonds is 4. The zero-order valence-electron chi connectivity index (χ0n) is 23.4. The standard InChI is InChI=1S/C39H23N3O2/c1-3-10-24(11-4-1)37-40-38(25-12-5-2-6-13-25)42-39(41-37)27-19-21-34-31(23-27)30-22-26(18-20-33(30)43-34)28-15-9-17-35-36(28)29-14-7-8-16-32(29)44-35/h1-23H. The first-order valence-corrected chi connectivity index (χ1v) is 14.5. The summed E-state index contributed by atoms with van der Waals surface area (Å²) in [5.41, 5.74) is 8.40. The van der Waals surface area contributed by atoms with Gasteiger partial charge < -0.3 is 8.83 Å². The van der Waals surface area contributed by atoms with Gasteiger partial charge in [-0.2, -0.15) is 0 Å². The Kier molecular flexibility index (Phi) is 5.43. The highest BCUT2D eigenvalue weighted by Crippen LogP contribution is 2.39. The van der Waals surface area contributed by atoms with E-state index in [9.17, 15) is 0 Å². The average molecular weight is 566 g/mol. The number of furan rings is 2. The van der Waals surface area contributed by atoms with Crippen molar-refractivity contribution in [2.24, 2.45) is 0 Å².